The maximum absolute atomic E-state index is 12.7. The summed E-state index contributed by atoms with van der Waals surface area (Å²) in [5, 5.41) is 5.31. The van der Waals surface area contributed by atoms with E-state index in [4.69, 9.17) is 0 Å². The Bertz CT molecular complexity index is 841. The molecule has 1 aliphatic carbocycles. The van der Waals surface area contributed by atoms with Gasteiger partial charge in [-0.3, -0.25) is 9.59 Å². The third-order valence-electron chi connectivity index (χ3n) is 5.08. The van der Waals surface area contributed by atoms with Gasteiger partial charge in [-0.25, -0.2) is 13.1 Å². The number of sulfonamides is 1. The number of hydrogen-bond acceptors (Lipinski definition) is 4. The standard InChI is InChI=1S/C21H33N3O4S/c1-13(2)22-21(26)17-10-15(5)11-19(12-17)23-20(25)16-6-8-18(9-7-16)24-29(27,28)14(3)4/h10-14,16,18,24H,6-9H2,1-5H3,(H,22,26)(H,23,25). The van der Waals surface area contributed by atoms with Crippen LogP contribution in [-0.2, 0) is 14.8 Å². The lowest BCUT2D eigenvalue weighted by Gasteiger charge is -2.28. The minimum Gasteiger partial charge on any atom is -0.350 e. The number of rotatable bonds is 7. The van der Waals surface area contributed by atoms with Gasteiger partial charge in [0.1, 0.15) is 0 Å². The van der Waals surface area contributed by atoms with E-state index in [0.717, 1.165) is 5.56 Å². The highest BCUT2D eigenvalue weighted by Crippen LogP contribution is 2.27. The van der Waals surface area contributed by atoms with Crippen LogP contribution in [0, 0.1) is 12.8 Å². The van der Waals surface area contributed by atoms with E-state index in [0.29, 0.717) is 36.9 Å². The van der Waals surface area contributed by atoms with E-state index in [-0.39, 0.29) is 29.8 Å². The summed E-state index contributed by atoms with van der Waals surface area (Å²) in [7, 11) is -3.30. The Labute approximate surface area is 174 Å². The van der Waals surface area contributed by atoms with Crippen molar-refractivity contribution in [1.29, 1.82) is 0 Å². The van der Waals surface area contributed by atoms with Crippen molar-refractivity contribution >= 4 is 27.5 Å². The third kappa shape index (κ3) is 6.82. The molecule has 3 N–H and O–H groups in total. The molecule has 1 aliphatic rings. The Morgan fingerprint density at radius 3 is 2.17 bits per heavy atom. The van der Waals surface area contributed by atoms with Crippen molar-refractivity contribution in [3.05, 3.63) is 29.3 Å². The average molecular weight is 424 g/mol. The summed E-state index contributed by atoms with van der Waals surface area (Å²) in [5.41, 5.74) is 2.01. The molecule has 2 amide bonds. The molecule has 0 heterocycles. The zero-order valence-corrected chi connectivity index (χ0v) is 18.7. The summed E-state index contributed by atoms with van der Waals surface area (Å²) in [5.74, 6) is -0.420. The Morgan fingerprint density at radius 1 is 1.00 bits per heavy atom. The van der Waals surface area contributed by atoms with Gasteiger partial charge in [-0.2, -0.15) is 0 Å². The van der Waals surface area contributed by atoms with Crippen molar-refractivity contribution < 1.29 is 18.0 Å². The predicted molar refractivity (Wildman–Crippen MR) is 115 cm³/mol. The summed E-state index contributed by atoms with van der Waals surface area (Å²) in [4.78, 5) is 25.0. The summed E-state index contributed by atoms with van der Waals surface area (Å²) in [6, 6.07) is 5.23. The van der Waals surface area contributed by atoms with Gasteiger partial charge in [0.15, 0.2) is 0 Å². The number of amides is 2. The number of carbonyl (C=O) groups is 2. The molecule has 1 aromatic rings. The van der Waals surface area contributed by atoms with Crippen LogP contribution in [0.1, 0.15) is 69.3 Å². The summed E-state index contributed by atoms with van der Waals surface area (Å²) >= 11 is 0. The molecule has 1 fully saturated rings. The third-order valence-corrected chi connectivity index (χ3v) is 6.98. The van der Waals surface area contributed by atoms with Crippen molar-refractivity contribution in [2.75, 3.05) is 5.32 Å². The van der Waals surface area contributed by atoms with Crippen LogP contribution in [0.4, 0.5) is 5.69 Å². The summed E-state index contributed by atoms with van der Waals surface area (Å²) < 4.78 is 26.8. The molecular weight excluding hydrogens is 390 g/mol. The van der Waals surface area contributed by atoms with Crippen LogP contribution in [0.15, 0.2) is 18.2 Å². The highest BCUT2D eigenvalue weighted by atomic mass is 32.2. The fraction of sp³-hybridized carbons (Fsp3) is 0.619. The maximum Gasteiger partial charge on any atom is 0.251 e. The van der Waals surface area contributed by atoms with Gasteiger partial charge >= 0.3 is 0 Å². The summed E-state index contributed by atoms with van der Waals surface area (Å²) in [6.45, 7) is 8.98. The lowest BCUT2D eigenvalue weighted by atomic mass is 9.86. The molecule has 1 saturated carbocycles. The molecule has 7 nitrogen and oxygen atoms in total. The van der Waals surface area contributed by atoms with E-state index in [2.05, 4.69) is 15.4 Å². The Kier molecular flexibility index (Phi) is 7.82. The van der Waals surface area contributed by atoms with Gasteiger partial charge in [0, 0.05) is 29.3 Å². The van der Waals surface area contributed by atoms with Gasteiger partial charge in [0.05, 0.1) is 5.25 Å². The topological polar surface area (TPSA) is 104 Å². The van der Waals surface area contributed by atoms with Gasteiger partial charge in [-0.1, -0.05) is 0 Å². The van der Waals surface area contributed by atoms with Crippen molar-refractivity contribution in [2.24, 2.45) is 5.92 Å². The van der Waals surface area contributed by atoms with E-state index < -0.39 is 15.3 Å². The second kappa shape index (κ2) is 9.71. The predicted octanol–water partition coefficient (Wildman–Crippen LogP) is 2.96. The molecule has 0 radical (unpaired) electrons. The summed E-state index contributed by atoms with van der Waals surface area (Å²) in [6.07, 6.45) is 2.53. The lowest BCUT2D eigenvalue weighted by Crippen LogP contribution is -2.42. The number of nitrogens with one attached hydrogen (secondary N) is 3. The minimum atomic E-state index is -3.30. The number of carbonyl (C=O) groups excluding carboxylic acids is 2. The fourth-order valence-electron chi connectivity index (χ4n) is 3.42. The molecule has 2 rings (SSSR count). The van der Waals surface area contributed by atoms with E-state index in [9.17, 15) is 18.0 Å². The second-order valence-corrected chi connectivity index (χ2v) is 10.7. The number of benzene rings is 1. The molecule has 1 aromatic carbocycles. The molecule has 29 heavy (non-hydrogen) atoms. The van der Waals surface area contributed by atoms with Crippen LogP contribution in [0.25, 0.3) is 0 Å². The second-order valence-electron chi connectivity index (χ2n) is 8.47. The maximum atomic E-state index is 12.7. The van der Waals surface area contributed by atoms with E-state index in [1.807, 2.05) is 26.8 Å². The van der Waals surface area contributed by atoms with Crippen LogP contribution in [0.5, 0.6) is 0 Å². The van der Waals surface area contributed by atoms with Crippen molar-refractivity contribution in [1.82, 2.24) is 10.0 Å². The molecule has 0 atom stereocenters. The van der Waals surface area contributed by atoms with Crippen LogP contribution in [0.3, 0.4) is 0 Å². The van der Waals surface area contributed by atoms with Crippen LogP contribution in [0.2, 0.25) is 0 Å². The molecule has 8 heteroatoms. The molecule has 0 aliphatic heterocycles. The molecule has 0 unspecified atom stereocenters. The van der Waals surface area contributed by atoms with Gasteiger partial charge in [0.2, 0.25) is 15.9 Å². The van der Waals surface area contributed by atoms with Crippen molar-refractivity contribution in [3.63, 3.8) is 0 Å². The number of aryl methyl sites for hydroxylation is 1. The highest BCUT2D eigenvalue weighted by Gasteiger charge is 2.29. The van der Waals surface area contributed by atoms with Crippen LogP contribution < -0.4 is 15.4 Å². The number of anilines is 1. The first-order valence-electron chi connectivity index (χ1n) is 10.2. The molecule has 0 spiro atoms. The Morgan fingerprint density at radius 2 is 1.62 bits per heavy atom. The fourth-order valence-corrected chi connectivity index (χ4v) is 4.39. The normalized spacial score (nSPS) is 20.0. The van der Waals surface area contributed by atoms with Gasteiger partial charge in [0.25, 0.3) is 5.91 Å². The van der Waals surface area contributed by atoms with Gasteiger partial charge in [-0.05, 0) is 84.1 Å². The SMILES string of the molecule is Cc1cc(NC(=O)C2CCC(NS(=O)(=O)C(C)C)CC2)cc(C(=O)NC(C)C)c1. The first-order chi connectivity index (χ1) is 13.5. The lowest BCUT2D eigenvalue weighted by molar-refractivity contribution is -0.120. The molecule has 0 saturated heterocycles. The largest absolute Gasteiger partial charge is 0.350 e. The van der Waals surface area contributed by atoms with Gasteiger partial charge < -0.3 is 10.6 Å². The van der Waals surface area contributed by atoms with E-state index in [1.165, 1.54) is 0 Å². The van der Waals surface area contributed by atoms with E-state index >= 15 is 0 Å². The molecule has 162 valence electrons. The first-order valence-corrected chi connectivity index (χ1v) is 11.8. The molecular formula is C21H33N3O4S. The van der Waals surface area contributed by atoms with Crippen molar-refractivity contribution in [2.45, 2.75) is 77.6 Å². The molecule has 0 aromatic heterocycles. The smallest absolute Gasteiger partial charge is 0.251 e. The first kappa shape index (κ1) is 23.3. The van der Waals surface area contributed by atoms with Gasteiger partial charge in [-0.15, -0.1) is 0 Å². The molecule has 0 bridgehead atoms. The zero-order valence-electron chi connectivity index (χ0n) is 17.9. The zero-order chi connectivity index (χ0) is 21.8. The Hall–Kier alpha value is -1.93. The van der Waals surface area contributed by atoms with Crippen molar-refractivity contribution in [3.8, 4) is 0 Å². The monoisotopic (exact) mass is 423 g/mol. The highest BCUT2D eigenvalue weighted by molar-refractivity contribution is 7.90. The van der Waals surface area contributed by atoms with Crippen LogP contribution in [-0.4, -0.2) is 37.6 Å². The number of hydrogen-bond donors (Lipinski definition) is 3. The quantitative estimate of drug-likeness (QED) is 0.627. The average Bonchev–Trinajstić information content (AvgIpc) is 2.60. The van der Waals surface area contributed by atoms with Crippen LogP contribution >= 0.6 is 0 Å². The minimum absolute atomic E-state index is 0.0318. The van der Waals surface area contributed by atoms with E-state index in [1.54, 1.807) is 26.0 Å². The Balaban J connectivity index is 1.96.